The van der Waals surface area contributed by atoms with E-state index in [1.807, 2.05) is 35.7 Å². The van der Waals surface area contributed by atoms with Gasteiger partial charge in [0.25, 0.3) is 4.74 Å². The Morgan fingerprint density at radius 2 is 1.83 bits per heavy atom. The predicted octanol–water partition coefficient (Wildman–Crippen LogP) is 2.84. The molecule has 0 spiro atoms. The molecule has 0 fully saturated rings. The molecule has 0 saturated carbocycles. The molecule has 0 bridgehead atoms. The standard InChI is InChI=1S/C9H6OS2/c10-9-8(6-11-12-9)7-4-2-1-3-5-7/h1-6H. The molecule has 1 heterocycles. The quantitative estimate of drug-likeness (QED) is 0.638. The van der Waals surface area contributed by atoms with E-state index < -0.39 is 0 Å². The van der Waals surface area contributed by atoms with Crippen LogP contribution in [-0.2, 0) is 0 Å². The van der Waals surface area contributed by atoms with Crippen molar-refractivity contribution in [2.45, 2.75) is 0 Å². The van der Waals surface area contributed by atoms with Crippen LogP contribution < -0.4 is 4.74 Å². The summed E-state index contributed by atoms with van der Waals surface area (Å²) in [5.74, 6) is 0. The van der Waals surface area contributed by atoms with Crippen LogP contribution in [0.1, 0.15) is 0 Å². The molecular weight excluding hydrogens is 188 g/mol. The summed E-state index contributed by atoms with van der Waals surface area (Å²) >= 11 is 0. The van der Waals surface area contributed by atoms with E-state index in [-0.39, 0.29) is 4.74 Å². The first-order chi connectivity index (χ1) is 5.88. The minimum Gasteiger partial charge on any atom is -0.276 e. The second-order valence-electron chi connectivity index (χ2n) is 2.36. The molecule has 0 N–H and O–H groups in total. The van der Waals surface area contributed by atoms with Crippen LogP contribution in [0.3, 0.4) is 0 Å². The number of hydrogen-bond donors (Lipinski definition) is 0. The summed E-state index contributed by atoms with van der Waals surface area (Å²) in [5, 5.41) is 1.91. The summed E-state index contributed by atoms with van der Waals surface area (Å²) in [7, 11) is 2.78. The van der Waals surface area contributed by atoms with Gasteiger partial charge in [-0.15, -0.1) is 0 Å². The summed E-state index contributed by atoms with van der Waals surface area (Å²) in [6.45, 7) is 0. The van der Waals surface area contributed by atoms with Crippen molar-refractivity contribution in [2.24, 2.45) is 0 Å². The molecule has 3 heteroatoms. The van der Waals surface area contributed by atoms with Crippen LogP contribution in [0.25, 0.3) is 11.1 Å². The van der Waals surface area contributed by atoms with Crippen molar-refractivity contribution in [2.75, 3.05) is 0 Å². The van der Waals surface area contributed by atoms with E-state index in [1.54, 1.807) is 0 Å². The second kappa shape index (κ2) is 3.21. The van der Waals surface area contributed by atoms with E-state index >= 15 is 0 Å². The largest absolute Gasteiger partial charge is 0.276 e. The normalized spacial score (nSPS) is 10.0. The molecule has 12 heavy (non-hydrogen) atoms. The van der Waals surface area contributed by atoms with Crippen molar-refractivity contribution in [3.05, 3.63) is 45.2 Å². The fraction of sp³-hybridized carbons (Fsp3) is 0. The van der Waals surface area contributed by atoms with Gasteiger partial charge in [-0.25, -0.2) is 0 Å². The first-order valence-corrected chi connectivity index (χ1v) is 5.72. The van der Waals surface area contributed by atoms with Gasteiger partial charge in [-0.2, -0.15) is 0 Å². The molecule has 0 aliphatic carbocycles. The van der Waals surface area contributed by atoms with E-state index in [0.29, 0.717) is 0 Å². The molecule has 0 aliphatic heterocycles. The maximum absolute atomic E-state index is 11.2. The minimum atomic E-state index is 0.159. The Hall–Kier alpha value is -0.930. The van der Waals surface area contributed by atoms with Gasteiger partial charge in [0.05, 0.1) is 5.56 Å². The molecule has 0 saturated heterocycles. The van der Waals surface area contributed by atoms with Gasteiger partial charge in [0.2, 0.25) is 0 Å². The first kappa shape index (κ1) is 7.71. The summed E-state index contributed by atoms with van der Waals surface area (Å²) in [6, 6.07) is 9.74. The smallest absolute Gasteiger partial charge is 0.250 e. The van der Waals surface area contributed by atoms with Crippen LogP contribution in [0.2, 0.25) is 0 Å². The van der Waals surface area contributed by atoms with Gasteiger partial charge in [0.1, 0.15) is 0 Å². The molecule has 1 aromatic heterocycles. The SMILES string of the molecule is O=c1sscc1-c1ccccc1. The summed E-state index contributed by atoms with van der Waals surface area (Å²) in [4.78, 5) is 11.2. The minimum absolute atomic E-state index is 0.159. The molecule has 0 atom stereocenters. The lowest BCUT2D eigenvalue weighted by Crippen LogP contribution is -1.91. The summed E-state index contributed by atoms with van der Waals surface area (Å²) in [5.41, 5.74) is 1.84. The highest BCUT2D eigenvalue weighted by Crippen LogP contribution is 2.18. The highest BCUT2D eigenvalue weighted by atomic mass is 32.9. The molecule has 2 aromatic rings. The monoisotopic (exact) mass is 194 g/mol. The summed E-state index contributed by atoms with van der Waals surface area (Å²) in [6.07, 6.45) is 0. The fourth-order valence-corrected chi connectivity index (χ4v) is 2.79. The number of hydrogen-bond acceptors (Lipinski definition) is 3. The van der Waals surface area contributed by atoms with Crippen LogP contribution in [0, 0.1) is 0 Å². The Labute approximate surface area is 77.3 Å². The lowest BCUT2D eigenvalue weighted by Gasteiger charge is -1.92. The molecule has 0 unspecified atom stereocenters. The zero-order valence-corrected chi connectivity index (χ0v) is 7.82. The van der Waals surface area contributed by atoms with Crippen molar-refractivity contribution < 1.29 is 0 Å². The molecule has 0 aliphatic rings. The van der Waals surface area contributed by atoms with Gasteiger partial charge in [-0.1, -0.05) is 40.7 Å². The van der Waals surface area contributed by atoms with Gasteiger partial charge < -0.3 is 0 Å². The topological polar surface area (TPSA) is 17.1 Å². The van der Waals surface area contributed by atoms with Gasteiger partial charge in [-0.3, -0.25) is 4.79 Å². The molecule has 0 amide bonds. The van der Waals surface area contributed by atoms with E-state index in [0.717, 1.165) is 11.1 Å². The average Bonchev–Trinajstić information content (AvgIpc) is 2.53. The van der Waals surface area contributed by atoms with Gasteiger partial charge in [0, 0.05) is 5.38 Å². The zero-order valence-electron chi connectivity index (χ0n) is 6.19. The maximum atomic E-state index is 11.2. The van der Waals surface area contributed by atoms with Gasteiger partial charge in [-0.05, 0) is 15.9 Å². The highest BCUT2D eigenvalue weighted by Gasteiger charge is 2.01. The third-order valence-electron chi connectivity index (χ3n) is 1.59. The molecule has 0 radical (unpaired) electrons. The average molecular weight is 194 g/mol. The molecule has 1 aromatic carbocycles. The molecule has 2 rings (SSSR count). The summed E-state index contributed by atoms with van der Waals surface area (Å²) < 4.78 is 0.159. The van der Waals surface area contributed by atoms with Gasteiger partial charge >= 0.3 is 0 Å². The lowest BCUT2D eigenvalue weighted by atomic mass is 10.1. The van der Waals surface area contributed by atoms with Gasteiger partial charge in [0.15, 0.2) is 0 Å². The van der Waals surface area contributed by atoms with Crippen molar-refractivity contribution in [3.63, 3.8) is 0 Å². The third kappa shape index (κ3) is 1.33. The Bertz CT molecular complexity index is 413. The Balaban J connectivity index is 2.59. The van der Waals surface area contributed by atoms with Crippen molar-refractivity contribution in [3.8, 4) is 11.1 Å². The lowest BCUT2D eigenvalue weighted by molar-refractivity contribution is 1.66. The number of rotatable bonds is 1. The van der Waals surface area contributed by atoms with Crippen LogP contribution in [-0.4, -0.2) is 0 Å². The molecule has 1 nitrogen and oxygen atoms in total. The van der Waals surface area contributed by atoms with Crippen molar-refractivity contribution in [1.82, 2.24) is 0 Å². The Morgan fingerprint density at radius 1 is 1.08 bits per heavy atom. The van der Waals surface area contributed by atoms with E-state index in [9.17, 15) is 4.79 Å². The van der Waals surface area contributed by atoms with E-state index in [4.69, 9.17) is 0 Å². The van der Waals surface area contributed by atoms with Crippen LogP contribution >= 0.6 is 20.7 Å². The second-order valence-corrected chi connectivity index (χ2v) is 4.41. The predicted molar refractivity (Wildman–Crippen MR) is 53.9 cm³/mol. The molecular formula is C9H6OS2. The Morgan fingerprint density at radius 3 is 2.42 bits per heavy atom. The molecule has 60 valence electrons. The number of benzene rings is 1. The van der Waals surface area contributed by atoms with E-state index in [2.05, 4.69) is 0 Å². The fourth-order valence-electron chi connectivity index (χ4n) is 1.01. The van der Waals surface area contributed by atoms with Crippen LogP contribution in [0.15, 0.2) is 40.5 Å². The van der Waals surface area contributed by atoms with Crippen LogP contribution in [0.5, 0.6) is 0 Å². The third-order valence-corrected chi connectivity index (χ3v) is 3.43. The van der Waals surface area contributed by atoms with Crippen molar-refractivity contribution >= 4 is 20.7 Å². The van der Waals surface area contributed by atoms with E-state index in [1.165, 1.54) is 20.7 Å². The maximum Gasteiger partial charge on any atom is 0.250 e. The van der Waals surface area contributed by atoms with Crippen LogP contribution in [0.4, 0.5) is 0 Å². The zero-order chi connectivity index (χ0) is 8.39. The highest BCUT2D eigenvalue weighted by molar-refractivity contribution is 7.68. The Kier molecular flexibility index (Phi) is 2.06. The van der Waals surface area contributed by atoms with Crippen molar-refractivity contribution in [1.29, 1.82) is 0 Å². The first-order valence-electron chi connectivity index (χ1n) is 3.51.